The highest BCUT2D eigenvalue weighted by Crippen LogP contribution is 2.34. The van der Waals surface area contributed by atoms with Crippen LogP contribution in [-0.4, -0.2) is 31.0 Å². The van der Waals surface area contributed by atoms with Crippen LogP contribution in [0.15, 0.2) is 12.1 Å². The number of hydrogen-bond donors (Lipinski definition) is 1. The van der Waals surface area contributed by atoms with E-state index < -0.39 is 62.1 Å². The number of nitrogens with zero attached hydrogens (tertiary/aromatic N) is 2. The second-order valence-electron chi connectivity index (χ2n) is 4.43. The lowest BCUT2D eigenvalue weighted by Gasteiger charge is -2.16. The molecule has 8 nitrogen and oxygen atoms in total. The predicted octanol–water partition coefficient (Wildman–Crippen LogP) is 0.267. The molecule has 1 unspecified atom stereocenters. The molecule has 2 N–H and O–H groups in total. The van der Waals surface area contributed by atoms with Gasteiger partial charge in [-0.1, -0.05) is 0 Å². The molecule has 0 aliphatic carbocycles. The Kier molecular flexibility index (Phi) is 3.63. The third kappa shape index (κ3) is 2.83. The third-order valence-corrected chi connectivity index (χ3v) is 4.30. The monoisotopic (exact) mass is 321 g/mol. The van der Waals surface area contributed by atoms with E-state index in [-0.39, 0.29) is 0 Å². The van der Waals surface area contributed by atoms with Gasteiger partial charge < -0.3 is 4.90 Å². The van der Waals surface area contributed by atoms with Gasteiger partial charge in [0.05, 0.1) is 11.0 Å². The lowest BCUT2D eigenvalue weighted by Crippen LogP contribution is -2.32. The van der Waals surface area contributed by atoms with Gasteiger partial charge >= 0.3 is 0 Å². The van der Waals surface area contributed by atoms with Gasteiger partial charge in [0.1, 0.15) is 10.9 Å². The van der Waals surface area contributed by atoms with E-state index in [0.717, 1.165) is 4.90 Å². The summed E-state index contributed by atoms with van der Waals surface area (Å²) >= 11 is 0. The van der Waals surface area contributed by atoms with Gasteiger partial charge in [-0.15, -0.1) is 0 Å². The number of primary sulfonamides is 1. The normalized spacial score (nSPS) is 19.1. The van der Waals surface area contributed by atoms with Gasteiger partial charge in [-0.25, -0.2) is 22.3 Å². The molecule has 1 saturated heterocycles. The largest absolute Gasteiger partial charge is 0.305 e. The Balaban J connectivity index is 2.50. The lowest BCUT2D eigenvalue weighted by molar-refractivity contribution is -0.384. The molecule has 1 aromatic carbocycles. The summed E-state index contributed by atoms with van der Waals surface area (Å²) < 4.78 is 48.8. The van der Waals surface area contributed by atoms with Gasteiger partial charge in [0.25, 0.3) is 5.69 Å². The zero-order chi connectivity index (χ0) is 15.9. The molecule has 1 aliphatic heterocycles. The van der Waals surface area contributed by atoms with E-state index in [0.29, 0.717) is 12.1 Å². The Hall–Kier alpha value is -2.14. The Bertz CT molecular complexity index is 736. The fourth-order valence-corrected chi connectivity index (χ4v) is 2.75. The van der Waals surface area contributed by atoms with Crippen molar-refractivity contribution in [1.82, 2.24) is 0 Å². The van der Waals surface area contributed by atoms with Gasteiger partial charge in [0.15, 0.2) is 11.6 Å². The Morgan fingerprint density at radius 1 is 1.33 bits per heavy atom. The van der Waals surface area contributed by atoms with Crippen molar-refractivity contribution in [1.29, 1.82) is 0 Å². The summed E-state index contributed by atoms with van der Waals surface area (Å²) in [6.07, 6.45) is -0.477. The number of benzene rings is 1. The summed E-state index contributed by atoms with van der Waals surface area (Å²) in [5.74, 6) is -3.61. The number of nitro groups is 1. The van der Waals surface area contributed by atoms with E-state index >= 15 is 0 Å². The molecular formula is C10H9F2N3O5S. The summed E-state index contributed by atoms with van der Waals surface area (Å²) in [5, 5.41) is 14.5. The van der Waals surface area contributed by atoms with Crippen LogP contribution in [0.4, 0.5) is 20.2 Å². The highest BCUT2D eigenvalue weighted by atomic mass is 32.2. The minimum absolute atomic E-state index is 0.336. The molecule has 0 bridgehead atoms. The molecule has 114 valence electrons. The van der Waals surface area contributed by atoms with E-state index in [2.05, 4.69) is 0 Å². The van der Waals surface area contributed by atoms with E-state index in [1.807, 2.05) is 0 Å². The van der Waals surface area contributed by atoms with Gasteiger partial charge in [-0.2, -0.15) is 0 Å². The molecule has 1 amide bonds. The Morgan fingerprint density at radius 2 is 1.90 bits per heavy atom. The smallest absolute Gasteiger partial charge is 0.296 e. The van der Waals surface area contributed by atoms with Crippen molar-refractivity contribution in [2.24, 2.45) is 5.14 Å². The first-order chi connectivity index (χ1) is 9.61. The van der Waals surface area contributed by atoms with E-state index in [4.69, 9.17) is 5.14 Å². The highest BCUT2D eigenvalue weighted by Gasteiger charge is 2.40. The molecule has 2 rings (SSSR count). The number of amides is 1. The molecule has 0 spiro atoms. The van der Waals surface area contributed by atoms with Crippen LogP contribution >= 0.6 is 0 Å². The average molecular weight is 321 g/mol. The summed E-state index contributed by atoms with van der Waals surface area (Å²) in [6.45, 7) is -0.455. The van der Waals surface area contributed by atoms with Crippen LogP contribution in [-0.2, 0) is 14.8 Å². The van der Waals surface area contributed by atoms with Crippen molar-refractivity contribution >= 4 is 27.3 Å². The third-order valence-electron chi connectivity index (χ3n) is 3.06. The van der Waals surface area contributed by atoms with Crippen LogP contribution in [0, 0.1) is 21.7 Å². The first-order valence-corrected chi connectivity index (χ1v) is 7.17. The summed E-state index contributed by atoms with van der Waals surface area (Å²) in [4.78, 5) is 22.4. The Labute approximate surface area is 117 Å². The molecule has 1 aliphatic rings. The molecular weight excluding hydrogens is 312 g/mol. The second-order valence-corrected chi connectivity index (χ2v) is 6.28. The number of carbonyl (C=O) groups is 1. The van der Waals surface area contributed by atoms with Crippen molar-refractivity contribution in [2.45, 2.75) is 11.7 Å². The zero-order valence-electron chi connectivity index (χ0n) is 10.3. The minimum Gasteiger partial charge on any atom is -0.305 e. The maximum atomic E-state index is 13.3. The van der Waals surface area contributed by atoms with E-state index in [1.165, 1.54) is 0 Å². The molecule has 0 radical (unpaired) electrons. The first kappa shape index (κ1) is 15.3. The maximum absolute atomic E-state index is 13.3. The summed E-state index contributed by atoms with van der Waals surface area (Å²) in [5.41, 5.74) is -1.34. The number of nitrogens with two attached hydrogens (primary N) is 1. The average Bonchev–Trinajstić information content (AvgIpc) is 2.74. The first-order valence-electron chi connectivity index (χ1n) is 5.56. The molecule has 1 aromatic rings. The van der Waals surface area contributed by atoms with Crippen molar-refractivity contribution in [3.8, 4) is 0 Å². The van der Waals surface area contributed by atoms with Crippen LogP contribution in [0.3, 0.4) is 0 Å². The van der Waals surface area contributed by atoms with Gasteiger partial charge in [0, 0.05) is 19.0 Å². The van der Waals surface area contributed by atoms with Crippen LogP contribution in [0.5, 0.6) is 0 Å². The fourth-order valence-electron chi connectivity index (χ4n) is 2.02. The number of sulfonamides is 1. The number of anilines is 1. The summed E-state index contributed by atoms with van der Waals surface area (Å²) in [6, 6.07) is 0.819. The number of halogens is 2. The molecule has 21 heavy (non-hydrogen) atoms. The van der Waals surface area contributed by atoms with Gasteiger partial charge in [0.2, 0.25) is 15.9 Å². The topological polar surface area (TPSA) is 124 Å². The van der Waals surface area contributed by atoms with Crippen LogP contribution in [0.25, 0.3) is 0 Å². The minimum atomic E-state index is -4.03. The number of carbonyl (C=O) groups excluding carboxylic acids is 1. The van der Waals surface area contributed by atoms with E-state index in [1.54, 1.807) is 0 Å². The van der Waals surface area contributed by atoms with Gasteiger partial charge in [-0.3, -0.25) is 14.9 Å². The molecule has 11 heteroatoms. The zero-order valence-corrected chi connectivity index (χ0v) is 11.1. The fraction of sp³-hybridized carbons (Fsp3) is 0.300. The quantitative estimate of drug-likeness (QED) is 0.632. The number of rotatable bonds is 3. The maximum Gasteiger partial charge on any atom is 0.296 e. The van der Waals surface area contributed by atoms with Crippen LogP contribution in [0.2, 0.25) is 0 Å². The lowest BCUT2D eigenvalue weighted by atomic mass is 10.2. The van der Waals surface area contributed by atoms with Crippen molar-refractivity contribution in [3.05, 3.63) is 33.9 Å². The Morgan fingerprint density at radius 3 is 2.38 bits per heavy atom. The van der Waals surface area contributed by atoms with Gasteiger partial charge in [-0.05, 0) is 0 Å². The molecule has 1 atom stereocenters. The highest BCUT2D eigenvalue weighted by molar-refractivity contribution is 7.89. The SMILES string of the molecule is NS(=O)(=O)C1CC(=O)N(c2cc(F)c(F)cc2[N+](=O)[O-])C1. The molecule has 0 saturated carbocycles. The molecule has 0 aromatic heterocycles. The predicted molar refractivity (Wildman–Crippen MR) is 66.9 cm³/mol. The van der Waals surface area contributed by atoms with Crippen LogP contribution < -0.4 is 10.0 Å². The standard InChI is InChI=1S/C10H9F2N3O5S/c11-6-2-8(9(15(17)18)3-7(6)12)14-4-5(1-10(14)16)21(13,19)20/h2-3,5H,1,4H2,(H2,13,19,20). The second kappa shape index (κ2) is 5.00. The number of nitro benzene ring substituents is 1. The van der Waals surface area contributed by atoms with Crippen molar-refractivity contribution in [3.63, 3.8) is 0 Å². The molecule has 1 fully saturated rings. The number of hydrogen-bond acceptors (Lipinski definition) is 5. The summed E-state index contributed by atoms with van der Waals surface area (Å²) in [7, 11) is -4.03. The van der Waals surface area contributed by atoms with E-state index in [9.17, 15) is 32.1 Å². The molecule has 1 heterocycles. The van der Waals surface area contributed by atoms with Crippen LogP contribution in [0.1, 0.15) is 6.42 Å². The van der Waals surface area contributed by atoms with Crippen molar-refractivity contribution < 1.29 is 26.9 Å². The van der Waals surface area contributed by atoms with Crippen molar-refractivity contribution in [2.75, 3.05) is 11.4 Å².